The number of aromatic nitrogens is 2. The van der Waals surface area contributed by atoms with E-state index >= 15 is 0 Å². The van der Waals surface area contributed by atoms with Crippen molar-refractivity contribution in [3.63, 3.8) is 0 Å². The van der Waals surface area contributed by atoms with E-state index in [4.69, 9.17) is 13.8 Å². The molecular weight excluding hydrogens is 576 g/mol. The van der Waals surface area contributed by atoms with Gasteiger partial charge in [-0.05, 0) is 76.9 Å². The summed E-state index contributed by atoms with van der Waals surface area (Å²) in [5, 5.41) is 4.36. The number of rotatable bonds is 4. The molecule has 0 spiro atoms. The highest BCUT2D eigenvalue weighted by Crippen LogP contribution is 2.39. The summed E-state index contributed by atoms with van der Waals surface area (Å²) >= 11 is 0. The van der Waals surface area contributed by atoms with Crippen LogP contribution in [0.1, 0.15) is 0 Å². The third-order valence-corrected chi connectivity index (χ3v) is 9.22. The second-order valence-electron chi connectivity index (χ2n) is 12.0. The molecule has 0 bridgehead atoms. The first-order valence-corrected chi connectivity index (χ1v) is 15.8. The fourth-order valence-electron chi connectivity index (χ4n) is 6.91. The van der Waals surface area contributed by atoms with Crippen LogP contribution < -0.4 is 0 Å². The first-order chi connectivity index (χ1) is 23.3. The monoisotopic (exact) mass is 602 g/mol. The number of nitrogens with zero attached hydrogens (tertiary/aromatic N) is 2. The van der Waals surface area contributed by atoms with Crippen LogP contribution in [0.4, 0.5) is 0 Å². The van der Waals surface area contributed by atoms with Gasteiger partial charge in [0.1, 0.15) is 28.2 Å². The molecule has 10 rings (SSSR count). The minimum atomic E-state index is 0.822. The number of hydrogen-bond donors (Lipinski definition) is 0. The second-order valence-corrected chi connectivity index (χ2v) is 12.0. The van der Waals surface area contributed by atoms with E-state index in [0.717, 1.165) is 83.1 Å². The molecule has 0 saturated heterocycles. The van der Waals surface area contributed by atoms with E-state index in [1.165, 1.54) is 11.1 Å². The van der Waals surface area contributed by atoms with Gasteiger partial charge in [-0.2, -0.15) is 0 Å². The summed E-state index contributed by atoms with van der Waals surface area (Å²) in [5.74, 6) is 0.930. The molecule has 0 unspecified atom stereocenters. The molecule has 0 radical (unpaired) electrons. The molecule has 4 heteroatoms. The van der Waals surface area contributed by atoms with Crippen molar-refractivity contribution >= 4 is 54.9 Å². The Morgan fingerprint density at radius 3 is 1.53 bits per heavy atom. The Hall–Kier alpha value is -6.39. The van der Waals surface area contributed by atoms with Crippen LogP contribution in [0.25, 0.3) is 94.2 Å². The Morgan fingerprint density at radius 2 is 0.894 bits per heavy atom. The normalized spacial score (nSPS) is 11.8. The van der Waals surface area contributed by atoms with Gasteiger partial charge in [-0.15, -0.1) is 0 Å². The van der Waals surface area contributed by atoms with E-state index in [1.54, 1.807) is 0 Å². The van der Waals surface area contributed by atoms with E-state index in [2.05, 4.69) is 138 Å². The smallest absolute Gasteiger partial charge is 0.145 e. The van der Waals surface area contributed by atoms with Crippen molar-refractivity contribution in [2.45, 2.75) is 0 Å². The zero-order chi connectivity index (χ0) is 30.9. The molecule has 0 aliphatic rings. The van der Waals surface area contributed by atoms with Crippen LogP contribution in [-0.4, -0.2) is 9.55 Å². The van der Waals surface area contributed by atoms with Crippen molar-refractivity contribution in [3.05, 3.63) is 158 Å². The van der Waals surface area contributed by atoms with Crippen LogP contribution >= 0.6 is 0 Å². The van der Waals surface area contributed by atoms with Crippen molar-refractivity contribution < 1.29 is 8.83 Å². The van der Waals surface area contributed by atoms with Crippen LogP contribution in [0.5, 0.6) is 0 Å². The van der Waals surface area contributed by atoms with Gasteiger partial charge < -0.3 is 8.83 Å². The topological polar surface area (TPSA) is 44.1 Å². The van der Waals surface area contributed by atoms with Gasteiger partial charge in [0, 0.05) is 38.9 Å². The molecular formula is C43H26N2O2. The molecule has 0 fully saturated rings. The molecule has 0 aliphatic heterocycles. The molecule has 220 valence electrons. The van der Waals surface area contributed by atoms with Gasteiger partial charge in [-0.1, -0.05) is 97.1 Å². The SMILES string of the molecule is c1ccc(-c2ccc3oc4cc5oc6ccc(-c7ccc(-n8c(-c9ccccc9)nc9ccccc98)cc7)cc6c5cc4c3c2)cc1. The number of furan rings is 2. The molecule has 0 N–H and O–H groups in total. The lowest BCUT2D eigenvalue weighted by molar-refractivity contribution is 0.656. The van der Waals surface area contributed by atoms with Gasteiger partial charge in [0.05, 0.1) is 11.0 Å². The second kappa shape index (κ2) is 10.1. The fourth-order valence-corrected chi connectivity index (χ4v) is 6.91. The van der Waals surface area contributed by atoms with Crippen molar-refractivity contribution in [1.82, 2.24) is 9.55 Å². The van der Waals surface area contributed by atoms with Crippen LogP contribution in [0.3, 0.4) is 0 Å². The highest BCUT2D eigenvalue weighted by molar-refractivity contribution is 6.16. The predicted molar refractivity (Wildman–Crippen MR) is 192 cm³/mol. The van der Waals surface area contributed by atoms with Gasteiger partial charge in [0.25, 0.3) is 0 Å². The van der Waals surface area contributed by atoms with Gasteiger partial charge >= 0.3 is 0 Å². The summed E-state index contributed by atoms with van der Waals surface area (Å²) in [5.41, 5.74) is 12.2. The van der Waals surface area contributed by atoms with E-state index in [9.17, 15) is 0 Å². The number of benzene rings is 7. The molecule has 0 saturated carbocycles. The van der Waals surface area contributed by atoms with Crippen molar-refractivity contribution in [3.8, 4) is 39.3 Å². The molecule has 7 aromatic carbocycles. The number of imidazole rings is 1. The predicted octanol–water partition coefficient (Wildman–Crippen LogP) is 11.8. The summed E-state index contributed by atoms with van der Waals surface area (Å²) in [4.78, 5) is 5.00. The lowest BCUT2D eigenvalue weighted by Crippen LogP contribution is -1.97. The maximum atomic E-state index is 6.33. The van der Waals surface area contributed by atoms with E-state index in [0.29, 0.717) is 0 Å². The number of hydrogen-bond acceptors (Lipinski definition) is 3. The van der Waals surface area contributed by atoms with Crippen LogP contribution in [-0.2, 0) is 0 Å². The summed E-state index contributed by atoms with van der Waals surface area (Å²) < 4.78 is 14.9. The lowest BCUT2D eigenvalue weighted by Gasteiger charge is -2.11. The standard InChI is InChI=1S/C43H26N2O2/c1-3-9-27(10-4-1)30-17-21-39-33(23-30)35-25-36-34-24-31(18-22-40(34)47-42(36)26-41(35)46-39)28-15-19-32(20-16-28)45-38-14-8-7-13-37(38)44-43(45)29-11-5-2-6-12-29/h1-26H. The fraction of sp³-hybridized carbons (Fsp3) is 0. The molecule has 0 atom stereocenters. The summed E-state index contributed by atoms with van der Waals surface area (Å²) in [7, 11) is 0. The molecule has 0 amide bonds. The Balaban J connectivity index is 1.08. The summed E-state index contributed by atoms with van der Waals surface area (Å²) in [6.45, 7) is 0. The molecule has 47 heavy (non-hydrogen) atoms. The third kappa shape index (κ3) is 4.12. The van der Waals surface area contributed by atoms with Crippen molar-refractivity contribution in [1.29, 1.82) is 0 Å². The Labute approximate surface area is 269 Å². The number of para-hydroxylation sites is 2. The first-order valence-electron chi connectivity index (χ1n) is 15.8. The van der Waals surface area contributed by atoms with Gasteiger partial charge in [-0.25, -0.2) is 4.98 Å². The highest BCUT2D eigenvalue weighted by atomic mass is 16.3. The van der Waals surface area contributed by atoms with E-state index in [-0.39, 0.29) is 0 Å². The average molecular weight is 603 g/mol. The van der Waals surface area contributed by atoms with Crippen LogP contribution in [0.15, 0.2) is 167 Å². The van der Waals surface area contributed by atoms with Crippen LogP contribution in [0, 0.1) is 0 Å². The van der Waals surface area contributed by atoms with Crippen molar-refractivity contribution in [2.75, 3.05) is 0 Å². The summed E-state index contributed by atoms with van der Waals surface area (Å²) in [6, 6.07) is 55.0. The quantitative estimate of drug-likeness (QED) is 0.201. The minimum Gasteiger partial charge on any atom is -0.456 e. The Morgan fingerprint density at radius 1 is 0.383 bits per heavy atom. The van der Waals surface area contributed by atoms with E-state index < -0.39 is 0 Å². The molecule has 3 aromatic heterocycles. The minimum absolute atomic E-state index is 0.822. The van der Waals surface area contributed by atoms with Crippen molar-refractivity contribution in [2.24, 2.45) is 0 Å². The van der Waals surface area contributed by atoms with Crippen LogP contribution in [0.2, 0.25) is 0 Å². The Kier molecular flexibility index (Phi) is 5.54. The van der Waals surface area contributed by atoms with Gasteiger partial charge in [-0.3, -0.25) is 4.57 Å². The van der Waals surface area contributed by atoms with Gasteiger partial charge in [0.2, 0.25) is 0 Å². The summed E-state index contributed by atoms with van der Waals surface area (Å²) in [6.07, 6.45) is 0. The van der Waals surface area contributed by atoms with E-state index in [1.807, 2.05) is 24.3 Å². The maximum absolute atomic E-state index is 6.33. The maximum Gasteiger partial charge on any atom is 0.145 e. The lowest BCUT2D eigenvalue weighted by atomic mass is 10.0. The third-order valence-electron chi connectivity index (χ3n) is 9.22. The molecule has 3 heterocycles. The Bertz CT molecular complexity index is 2770. The molecule has 4 nitrogen and oxygen atoms in total. The largest absolute Gasteiger partial charge is 0.456 e. The average Bonchev–Trinajstić information content (AvgIpc) is 3.81. The zero-order valence-electron chi connectivity index (χ0n) is 25.2. The zero-order valence-corrected chi connectivity index (χ0v) is 25.2. The molecule has 0 aliphatic carbocycles. The van der Waals surface area contributed by atoms with Gasteiger partial charge in [0.15, 0.2) is 0 Å². The number of fused-ring (bicyclic) bond motifs is 7. The molecule has 10 aromatic rings. The first kappa shape index (κ1) is 25.9. The highest BCUT2D eigenvalue weighted by Gasteiger charge is 2.16.